The van der Waals surface area contributed by atoms with Crippen LogP contribution < -0.4 is 5.32 Å². The summed E-state index contributed by atoms with van der Waals surface area (Å²) in [6.07, 6.45) is 2.84. The Hall–Kier alpha value is -1.23. The van der Waals surface area contributed by atoms with Crippen molar-refractivity contribution in [3.8, 4) is 0 Å². The average Bonchev–Trinajstić information content (AvgIpc) is 2.92. The minimum atomic E-state index is 0.635. The fourth-order valence-corrected chi connectivity index (χ4v) is 2.16. The van der Waals surface area contributed by atoms with Crippen molar-refractivity contribution in [3.05, 3.63) is 52.5 Å². The second kappa shape index (κ2) is 7.97. The Balaban J connectivity index is 1.47. The number of aromatic nitrogens is 1. The summed E-state index contributed by atoms with van der Waals surface area (Å²) in [5.41, 5.74) is 1.32. The normalized spacial score (nSPS) is 10.7. The molecule has 0 radical (unpaired) electrons. The second-order valence-electron chi connectivity index (χ2n) is 3.99. The lowest BCUT2D eigenvalue weighted by Gasteiger charge is -2.05. The number of benzene rings is 1. The van der Waals surface area contributed by atoms with Crippen LogP contribution in [0.2, 0.25) is 0 Å². The fourth-order valence-electron chi connectivity index (χ4n) is 1.61. The van der Waals surface area contributed by atoms with Crippen molar-refractivity contribution in [2.75, 3.05) is 13.2 Å². The van der Waals surface area contributed by atoms with Crippen molar-refractivity contribution in [2.45, 2.75) is 19.6 Å². The Bertz CT molecular complexity index is 417. The number of nitrogens with one attached hydrogen (secondary N) is 1. The summed E-state index contributed by atoms with van der Waals surface area (Å²) in [4.78, 5) is 4.17. The number of ether oxygens (including phenoxy) is 1. The lowest BCUT2D eigenvalue weighted by molar-refractivity contribution is 0.118. The summed E-state index contributed by atoms with van der Waals surface area (Å²) in [6, 6.07) is 10.4. The average molecular weight is 262 g/mol. The Kier molecular flexibility index (Phi) is 5.85. The van der Waals surface area contributed by atoms with Crippen LogP contribution in [0.25, 0.3) is 0 Å². The molecule has 0 saturated carbocycles. The van der Waals surface area contributed by atoms with Crippen molar-refractivity contribution in [1.29, 1.82) is 0 Å². The Morgan fingerprint density at radius 2 is 2.11 bits per heavy atom. The van der Waals surface area contributed by atoms with E-state index in [4.69, 9.17) is 4.74 Å². The smallest absolute Gasteiger partial charge is 0.118 e. The molecule has 4 heteroatoms. The third kappa shape index (κ3) is 4.96. The molecule has 1 aromatic heterocycles. The van der Waals surface area contributed by atoms with Gasteiger partial charge in [-0.3, -0.25) is 0 Å². The van der Waals surface area contributed by atoms with Crippen molar-refractivity contribution in [1.82, 2.24) is 10.3 Å². The van der Waals surface area contributed by atoms with E-state index in [1.165, 1.54) is 5.56 Å². The van der Waals surface area contributed by atoms with E-state index < -0.39 is 0 Å². The summed E-state index contributed by atoms with van der Waals surface area (Å²) in [5.74, 6) is 0. The van der Waals surface area contributed by atoms with Gasteiger partial charge in [0.2, 0.25) is 0 Å². The molecule has 0 aliphatic rings. The second-order valence-corrected chi connectivity index (χ2v) is 4.97. The zero-order chi connectivity index (χ0) is 12.5. The zero-order valence-corrected chi connectivity index (χ0v) is 11.2. The molecule has 0 unspecified atom stereocenters. The van der Waals surface area contributed by atoms with E-state index >= 15 is 0 Å². The molecule has 0 saturated heterocycles. The van der Waals surface area contributed by atoms with Crippen LogP contribution in [0.1, 0.15) is 17.0 Å². The fraction of sp³-hybridized carbons (Fsp3) is 0.357. The molecule has 96 valence electrons. The number of hydrogen-bond donors (Lipinski definition) is 1. The van der Waals surface area contributed by atoms with Crippen LogP contribution in [0.4, 0.5) is 0 Å². The van der Waals surface area contributed by atoms with Crippen LogP contribution in [0.5, 0.6) is 0 Å². The van der Waals surface area contributed by atoms with Gasteiger partial charge in [-0.05, 0) is 18.5 Å². The van der Waals surface area contributed by atoms with Gasteiger partial charge < -0.3 is 10.1 Å². The van der Waals surface area contributed by atoms with Crippen molar-refractivity contribution < 1.29 is 4.74 Å². The summed E-state index contributed by atoms with van der Waals surface area (Å²) in [6.45, 7) is 3.32. The molecule has 18 heavy (non-hydrogen) atoms. The molecule has 3 nitrogen and oxygen atoms in total. The predicted octanol–water partition coefficient (Wildman–Crippen LogP) is 2.84. The van der Waals surface area contributed by atoms with Gasteiger partial charge in [-0.2, -0.15) is 0 Å². The quantitative estimate of drug-likeness (QED) is 0.743. The molecular weight excluding hydrogens is 244 g/mol. The Morgan fingerprint density at radius 3 is 2.89 bits per heavy atom. The highest BCUT2D eigenvalue weighted by atomic mass is 32.1. The largest absolute Gasteiger partial charge is 0.374 e. The van der Waals surface area contributed by atoms with Crippen molar-refractivity contribution in [2.24, 2.45) is 0 Å². The maximum atomic E-state index is 5.54. The SMILES string of the molecule is c1ccc(CNCCCOCc2nccs2)cc1. The van der Waals surface area contributed by atoms with Gasteiger partial charge in [-0.15, -0.1) is 11.3 Å². The van der Waals surface area contributed by atoms with E-state index in [0.717, 1.165) is 31.1 Å². The first-order valence-corrected chi connectivity index (χ1v) is 7.04. The number of nitrogens with zero attached hydrogens (tertiary/aromatic N) is 1. The molecule has 0 atom stereocenters. The summed E-state index contributed by atoms with van der Waals surface area (Å²) < 4.78 is 5.54. The van der Waals surface area contributed by atoms with Gasteiger partial charge in [0.1, 0.15) is 5.01 Å². The van der Waals surface area contributed by atoms with Crippen molar-refractivity contribution in [3.63, 3.8) is 0 Å². The summed E-state index contributed by atoms with van der Waals surface area (Å²) >= 11 is 1.64. The van der Waals surface area contributed by atoms with E-state index in [1.807, 2.05) is 17.6 Å². The van der Waals surface area contributed by atoms with Crippen LogP contribution in [0.3, 0.4) is 0 Å². The zero-order valence-electron chi connectivity index (χ0n) is 10.3. The number of thiazole rings is 1. The van der Waals surface area contributed by atoms with Gasteiger partial charge in [0.25, 0.3) is 0 Å². The molecule has 1 aromatic carbocycles. The van der Waals surface area contributed by atoms with Gasteiger partial charge in [-0.25, -0.2) is 4.98 Å². The van der Waals surface area contributed by atoms with E-state index in [2.05, 4.69) is 34.6 Å². The molecule has 1 N–H and O–H groups in total. The molecule has 0 aliphatic heterocycles. The standard InChI is InChI=1S/C14H18N2OS/c1-2-5-13(6-3-1)11-15-7-4-9-17-12-14-16-8-10-18-14/h1-3,5-6,8,10,15H,4,7,9,11-12H2. The molecule has 1 heterocycles. The van der Waals surface area contributed by atoms with Gasteiger partial charge in [0.05, 0.1) is 6.61 Å². The Labute approximate surface area is 112 Å². The molecule has 0 fully saturated rings. The molecule has 2 aromatic rings. The summed E-state index contributed by atoms with van der Waals surface area (Å²) in [7, 11) is 0. The molecule has 0 aliphatic carbocycles. The van der Waals surface area contributed by atoms with Gasteiger partial charge in [0, 0.05) is 24.7 Å². The van der Waals surface area contributed by atoms with E-state index in [0.29, 0.717) is 6.61 Å². The molecule has 0 spiro atoms. The third-order valence-corrected chi connectivity index (χ3v) is 3.28. The predicted molar refractivity (Wildman–Crippen MR) is 74.5 cm³/mol. The molecule has 0 bridgehead atoms. The lowest BCUT2D eigenvalue weighted by atomic mass is 10.2. The highest BCUT2D eigenvalue weighted by Crippen LogP contribution is 2.05. The molecule has 2 rings (SSSR count). The van der Waals surface area contributed by atoms with Crippen LogP contribution >= 0.6 is 11.3 Å². The number of hydrogen-bond acceptors (Lipinski definition) is 4. The Morgan fingerprint density at radius 1 is 1.22 bits per heavy atom. The van der Waals surface area contributed by atoms with Crippen LogP contribution in [-0.4, -0.2) is 18.1 Å². The first-order valence-electron chi connectivity index (χ1n) is 6.16. The topological polar surface area (TPSA) is 34.1 Å². The monoisotopic (exact) mass is 262 g/mol. The highest BCUT2D eigenvalue weighted by molar-refractivity contribution is 7.09. The molecular formula is C14H18N2OS. The first kappa shape index (κ1) is 13.2. The van der Waals surface area contributed by atoms with Crippen LogP contribution in [-0.2, 0) is 17.9 Å². The van der Waals surface area contributed by atoms with Crippen LogP contribution in [0, 0.1) is 0 Å². The number of rotatable bonds is 8. The lowest BCUT2D eigenvalue weighted by Crippen LogP contribution is -2.16. The maximum Gasteiger partial charge on any atom is 0.118 e. The van der Waals surface area contributed by atoms with Crippen molar-refractivity contribution >= 4 is 11.3 Å². The highest BCUT2D eigenvalue weighted by Gasteiger charge is 1.95. The van der Waals surface area contributed by atoms with Gasteiger partial charge >= 0.3 is 0 Å². The van der Waals surface area contributed by atoms with E-state index in [-0.39, 0.29) is 0 Å². The maximum absolute atomic E-state index is 5.54. The van der Waals surface area contributed by atoms with Gasteiger partial charge in [-0.1, -0.05) is 30.3 Å². The van der Waals surface area contributed by atoms with E-state index in [9.17, 15) is 0 Å². The van der Waals surface area contributed by atoms with Crippen LogP contribution in [0.15, 0.2) is 41.9 Å². The minimum absolute atomic E-state index is 0.635. The third-order valence-electron chi connectivity index (χ3n) is 2.52. The van der Waals surface area contributed by atoms with E-state index in [1.54, 1.807) is 11.3 Å². The first-order chi connectivity index (χ1) is 8.95. The summed E-state index contributed by atoms with van der Waals surface area (Å²) in [5, 5.41) is 6.42. The van der Waals surface area contributed by atoms with Gasteiger partial charge in [0.15, 0.2) is 0 Å². The minimum Gasteiger partial charge on any atom is -0.374 e. The molecule has 0 amide bonds.